The first-order valence-electron chi connectivity index (χ1n) is 10.4. The number of hydrogen-bond acceptors (Lipinski definition) is 4. The van der Waals surface area contributed by atoms with E-state index < -0.39 is 5.60 Å². The van der Waals surface area contributed by atoms with Crippen LogP contribution in [-0.4, -0.2) is 52.9 Å². The molecule has 0 aliphatic heterocycles. The Morgan fingerprint density at radius 1 is 1.28 bits per heavy atom. The second-order valence-corrected chi connectivity index (χ2v) is 7.86. The van der Waals surface area contributed by atoms with Gasteiger partial charge in [-0.2, -0.15) is 5.10 Å². The predicted octanol–water partition coefficient (Wildman–Crippen LogP) is 1.89. The van der Waals surface area contributed by atoms with E-state index in [1.54, 1.807) is 24.0 Å². The Balaban J connectivity index is 0.00000420. The fraction of sp³-hybridized carbons (Fsp3) is 0.750. The molecule has 0 aromatic carbocycles. The van der Waals surface area contributed by atoms with Crippen molar-refractivity contribution in [1.29, 1.82) is 0 Å². The van der Waals surface area contributed by atoms with E-state index in [0.717, 1.165) is 12.1 Å². The number of aliphatic hydroxyl groups is 1. The van der Waals surface area contributed by atoms with E-state index in [-0.39, 0.29) is 36.4 Å². The average Bonchev–Trinajstić information content (AvgIpc) is 3.11. The van der Waals surface area contributed by atoms with Crippen LogP contribution in [0.15, 0.2) is 17.4 Å². The summed E-state index contributed by atoms with van der Waals surface area (Å²) < 4.78 is 1.66. The standard InChI is InChI=1S/C20H36N6O2.HI/c1-4-21-19(24-15-20(2,28)17-13-25-26(3)14-17)23-11-10-22-18(27)12-16-8-6-5-7-9-16;/h13-14,16,28H,4-12,15H2,1-3H3,(H,22,27)(H2,21,23,24);1H. The molecule has 2 rings (SSSR count). The second-order valence-electron chi connectivity index (χ2n) is 7.86. The van der Waals surface area contributed by atoms with E-state index in [1.165, 1.54) is 32.1 Å². The molecule has 4 N–H and O–H groups in total. The molecule has 1 aliphatic carbocycles. The number of guanidine groups is 1. The van der Waals surface area contributed by atoms with Gasteiger partial charge in [-0.15, -0.1) is 24.0 Å². The minimum Gasteiger partial charge on any atom is -0.383 e. The zero-order valence-corrected chi connectivity index (χ0v) is 20.2. The summed E-state index contributed by atoms with van der Waals surface area (Å²) in [6, 6.07) is 0. The zero-order valence-electron chi connectivity index (χ0n) is 17.9. The Morgan fingerprint density at radius 3 is 2.59 bits per heavy atom. The number of nitrogens with zero attached hydrogens (tertiary/aromatic N) is 3. The van der Waals surface area contributed by atoms with Crippen molar-refractivity contribution in [2.75, 3.05) is 26.2 Å². The normalized spacial score (nSPS) is 17.2. The summed E-state index contributed by atoms with van der Waals surface area (Å²) in [6.07, 6.45) is 10.3. The van der Waals surface area contributed by atoms with Gasteiger partial charge in [0, 0.05) is 44.9 Å². The van der Waals surface area contributed by atoms with Crippen LogP contribution < -0.4 is 16.0 Å². The highest BCUT2D eigenvalue weighted by Crippen LogP contribution is 2.26. The number of amides is 1. The van der Waals surface area contributed by atoms with Gasteiger partial charge in [0.1, 0.15) is 5.60 Å². The summed E-state index contributed by atoms with van der Waals surface area (Å²) in [5, 5.41) is 24.1. The molecule has 1 heterocycles. The zero-order chi connectivity index (χ0) is 20.4. The molecule has 1 unspecified atom stereocenters. The summed E-state index contributed by atoms with van der Waals surface area (Å²) in [7, 11) is 1.82. The van der Waals surface area contributed by atoms with Crippen LogP contribution in [0.3, 0.4) is 0 Å². The molecule has 0 saturated heterocycles. The lowest BCUT2D eigenvalue weighted by atomic mass is 9.87. The second kappa shape index (κ2) is 13.0. The molecular formula is C20H37IN6O2. The van der Waals surface area contributed by atoms with E-state index in [2.05, 4.69) is 26.0 Å². The molecule has 8 nitrogen and oxygen atoms in total. The Kier molecular flexibility index (Phi) is 11.6. The number of aliphatic imine (C=N–C) groups is 1. The smallest absolute Gasteiger partial charge is 0.220 e. The fourth-order valence-electron chi connectivity index (χ4n) is 3.47. The number of carbonyl (C=O) groups excluding carboxylic acids is 1. The van der Waals surface area contributed by atoms with Gasteiger partial charge in [0.2, 0.25) is 5.91 Å². The summed E-state index contributed by atoms with van der Waals surface area (Å²) in [5.74, 6) is 1.30. The van der Waals surface area contributed by atoms with Crippen LogP contribution in [0, 0.1) is 5.92 Å². The maximum Gasteiger partial charge on any atom is 0.220 e. The van der Waals surface area contributed by atoms with Crippen LogP contribution >= 0.6 is 24.0 Å². The fourth-order valence-corrected chi connectivity index (χ4v) is 3.47. The Hall–Kier alpha value is -1.36. The van der Waals surface area contributed by atoms with Crippen LogP contribution in [-0.2, 0) is 17.4 Å². The van der Waals surface area contributed by atoms with Gasteiger partial charge in [0.05, 0.1) is 12.7 Å². The van der Waals surface area contributed by atoms with Crippen LogP contribution in [0.25, 0.3) is 0 Å². The molecule has 29 heavy (non-hydrogen) atoms. The van der Waals surface area contributed by atoms with Gasteiger partial charge in [0.15, 0.2) is 5.96 Å². The SMILES string of the molecule is CCNC(=NCC(C)(O)c1cnn(C)c1)NCCNC(=O)CC1CCCCC1.I. The molecule has 1 amide bonds. The van der Waals surface area contributed by atoms with Gasteiger partial charge in [0.25, 0.3) is 0 Å². The third-order valence-corrected chi connectivity index (χ3v) is 5.15. The largest absolute Gasteiger partial charge is 0.383 e. The predicted molar refractivity (Wildman–Crippen MR) is 126 cm³/mol. The molecular weight excluding hydrogens is 483 g/mol. The summed E-state index contributed by atoms with van der Waals surface area (Å²) in [6.45, 7) is 5.77. The van der Waals surface area contributed by atoms with Gasteiger partial charge in [-0.3, -0.25) is 9.48 Å². The molecule has 1 aliphatic rings. The molecule has 166 valence electrons. The van der Waals surface area contributed by atoms with E-state index in [4.69, 9.17) is 0 Å². The number of nitrogens with one attached hydrogen (secondary N) is 3. The third kappa shape index (κ3) is 9.33. The van der Waals surface area contributed by atoms with Gasteiger partial charge in [-0.05, 0) is 32.6 Å². The lowest BCUT2D eigenvalue weighted by Gasteiger charge is -2.21. The molecule has 1 atom stereocenters. The van der Waals surface area contributed by atoms with Crippen molar-refractivity contribution in [3.05, 3.63) is 18.0 Å². The summed E-state index contributed by atoms with van der Waals surface area (Å²) >= 11 is 0. The van der Waals surface area contributed by atoms with Crippen molar-refractivity contribution in [2.45, 2.75) is 58.0 Å². The van der Waals surface area contributed by atoms with Crippen LogP contribution in [0.5, 0.6) is 0 Å². The van der Waals surface area contributed by atoms with Gasteiger partial charge in [-0.25, -0.2) is 4.99 Å². The maximum atomic E-state index is 12.1. The number of rotatable bonds is 9. The van der Waals surface area contributed by atoms with Gasteiger partial charge >= 0.3 is 0 Å². The van der Waals surface area contributed by atoms with E-state index in [1.807, 2.05) is 14.0 Å². The van der Waals surface area contributed by atoms with Crippen molar-refractivity contribution in [3.63, 3.8) is 0 Å². The number of halogens is 1. The molecule has 0 bridgehead atoms. The van der Waals surface area contributed by atoms with E-state index in [9.17, 15) is 9.90 Å². The Labute approximate surface area is 191 Å². The first-order valence-corrected chi connectivity index (χ1v) is 10.4. The Bertz CT molecular complexity index is 641. The first kappa shape index (κ1) is 25.7. The molecule has 1 aromatic heterocycles. The number of aryl methyl sites for hydroxylation is 1. The minimum absolute atomic E-state index is 0. The quantitative estimate of drug-likeness (QED) is 0.172. The van der Waals surface area contributed by atoms with Crippen molar-refractivity contribution in [3.8, 4) is 0 Å². The monoisotopic (exact) mass is 520 g/mol. The van der Waals surface area contributed by atoms with Crippen molar-refractivity contribution >= 4 is 35.8 Å². The lowest BCUT2D eigenvalue weighted by Crippen LogP contribution is -2.42. The van der Waals surface area contributed by atoms with Crippen LogP contribution in [0.1, 0.15) is 57.9 Å². The maximum absolute atomic E-state index is 12.1. The Morgan fingerprint density at radius 2 is 1.97 bits per heavy atom. The van der Waals surface area contributed by atoms with Crippen molar-refractivity contribution in [2.24, 2.45) is 18.0 Å². The molecule has 1 saturated carbocycles. The van der Waals surface area contributed by atoms with Crippen molar-refractivity contribution < 1.29 is 9.90 Å². The number of hydrogen-bond donors (Lipinski definition) is 4. The molecule has 0 spiro atoms. The summed E-state index contributed by atoms with van der Waals surface area (Å²) in [4.78, 5) is 16.5. The van der Waals surface area contributed by atoms with Gasteiger partial charge < -0.3 is 21.1 Å². The van der Waals surface area contributed by atoms with Gasteiger partial charge in [-0.1, -0.05) is 19.3 Å². The van der Waals surface area contributed by atoms with Crippen molar-refractivity contribution in [1.82, 2.24) is 25.7 Å². The highest BCUT2D eigenvalue weighted by atomic mass is 127. The summed E-state index contributed by atoms with van der Waals surface area (Å²) in [5.41, 5.74) is -0.366. The molecule has 9 heteroatoms. The highest BCUT2D eigenvalue weighted by Gasteiger charge is 2.24. The minimum atomic E-state index is -1.09. The first-order chi connectivity index (χ1) is 13.4. The average molecular weight is 520 g/mol. The number of aromatic nitrogens is 2. The highest BCUT2D eigenvalue weighted by molar-refractivity contribution is 14.0. The third-order valence-electron chi connectivity index (χ3n) is 5.15. The van der Waals surface area contributed by atoms with Crippen LogP contribution in [0.2, 0.25) is 0 Å². The molecule has 1 fully saturated rings. The topological polar surface area (TPSA) is 104 Å². The number of carbonyl (C=O) groups is 1. The lowest BCUT2D eigenvalue weighted by molar-refractivity contribution is -0.122. The van der Waals surface area contributed by atoms with E-state index >= 15 is 0 Å². The van der Waals surface area contributed by atoms with E-state index in [0.29, 0.717) is 31.4 Å². The molecule has 0 radical (unpaired) electrons. The molecule has 1 aromatic rings. The van der Waals surface area contributed by atoms with Crippen LogP contribution in [0.4, 0.5) is 0 Å².